The topological polar surface area (TPSA) is 72.2 Å². The molecule has 0 fully saturated rings. The van der Waals surface area contributed by atoms with Crippen LogP contribution in [0.25, 0.3) is 0 Å². The fraction of sp³-hybridized carbons (Fsp3) is 0.333. The van der Waals surface area contributed by atoms with Crippen molar-refractivity contribution in [3.8, 4) is 0 Å². The number of carbonyl (C=O) groups excluding carboxylic acids is 2. The van der Waals surface area contributed by atoms with Gasteiger partial charge in [0.15, 0.2) is 0 Å². The van der Waals surface area contributed by atoms with Gasteiger partial charge in [-0.3, -0.25) is 9.59 Å². The molecule has 0 unspecified atom stereocenters. The van der Waals surface area contributed by atoms with Crippen molar-refractivity contribution in [2.24, 2.45) is 5.73 Å². The molecule has 19 heavy (non-hydrogen) atoms. The fourth-order valence-corrected chi connectivity index (χ4v) is 1.63. The van der Waals surface area contributed by atoms with Gasteiger partial charge in [0.2, 0.25) is 11.8 Å². The summed E-state index contributed by atoms with van der Waals surface area (Å²) in [4.78, 5) is 23.1. The van der Waals surface area contributed by atoms with Crippen molar-refractivity contribution in [1.82, 2.24) is 5.32 Å². The molecule has 1 aromatic rings. The van der Waals surface area contributed by atoms with Crippen LogP contribution in [-0.4, -0.2) is 17.9 Å². The van der Waals surface area contributed by atoms with Crippen LogP contribution in [0.4, 0.5) is 0 Å². The minimum atomic E-state index is -0.647. The van der Waals surface area contributed by atoms with Crippen molar-refractivity contribution in [1.29, 1.82) is 0 Å². The predicted molar refractivity (Wildman–Crippen MR) is 75.3 cm³/mol. The number of allylic oxidation sites excluding steroid dienone is 1. The lowest BCUT2D eigenvalue weighted by Gasteiger charge is -2.14. The van der Waals surface area contributed by atoms with Crippen LogP contribution in [0.3, 0.4) is 0 Å². The maximum atomic E-state index is 11.8. The summed E-state index contributed by atoms with van der Waals surface area (Å²) in [5, 5.41) is 2.66. The molecule has 0 radical (unpaired) electrons. The number of hydrogen-bond acceptors (Lipinski definition) is 2. The monoisotopic (exact) mass is 260 g/mol. The number of amides is 2. The average molecular weight is 260 g/mol. The molecule has 4 heteroatoms. The van der Waals surface area contributed by atoms with Crippen LogP contribution >= 0.6 is 0 Å². The Hall–Kier alpha value is -2.10. The van der Waals surface area contributed by atoms with Crippen LogP contribution in [0.2, 0.25) is 0 Å². The first-order valence-corrected chi connectivity index (χ1v) is 6.25. The van der Waals surface area contributed by atoms with E-state index in [2.05, 4.69) is 5.32 Å². The Balaban J connectivity index is 2.57. The zero-order valence-electron chi connectivity index (χ0n) is 11.3. The second-order valence-electron chi connectivity index (χ2n) is 4.70. The SMILES string of the molecule is CC(C)=CC[C@H](NC(=O)Cc1ccccc1)C(N)=O. The highest BCUT2D eigenvalue weighted by Crippen LogP contribution is 2.02. The minimum absolute atomic E-state index is 0.197. The highest BCUT2D eigenvalue weighted by molar-refractivity contribution is 5.87. The maximum absolute atomic E-state index is 11.8. The molecule has 1 aromatic carbocycles. The summed E-state index contributed by atoms with van der Waals surface area (Å²) >= 11 is 0. The molecule has 0 saturated heterocycles. The van der Waals surface area contributed by atoms with E-state index < -0.39 is 11.9 Å². The van der Waals surface area contributed by atoms with Gasteiger partial charge in [0.25, 0.3) is 0 Å². The number of carbonyl (C=O) groups is 2. The number of primary amides is 1. The Morgan fingerprint density at radius 3 is 2.42 bits per heavy atom. The van der Waals surface area contributed by atoms with E-state index in [0.29, 0.717) is 6.42 Å². The summed E-state index contributed by atoms with van der Waals surface area (Å²) in [6, 6.07) is 8.73. The number of nitrogens with one attached hydrogen (secondary N) is 1. The third kappa shape index (κ3) is 5.86. The normalized spacial score (nSPS) is 11.5. The molecule has 0 aliphatic heterocycles. The fourth-order valence-electron chi connectivity index (χ4n) is 1.63. The van der Waals surface area contributed by atoms with Gasteiger partial charge in [-0.2, -0.15) is 0 Å². The molecule has 0 aliphatic carbocycles. The summed E-state index contributed by atoms with van der Waals surface area (Å²) < 4.78 is 0. The highest BCUT2D eigenvalue weighted by Gasteiger charge is 2.16. The average Bonchev–Trinajstić information content (AvgIpc) is 2.35. The summed E-state index contributed by atoms with van der Waals surface area (Å²) in [5.41, 5.74) is 7.28. The van der Waals surface area contributed by atoms with Crippen LogP contribution in [0.1, 0.15) is 25.8 Å². The zero-order chi connectivity index (χ0) is 14.3. The van der Waals surface area contributed by atoms with Gasteiger partial charge in [-0.25, -0.2) is 0 Å². The van der Waals surface area contributed by atoms with E-state index in [9.17, 15) is 9.59 Å². The third-order valence-corrected chi connectivity index (χ3v) is 2.65. The molecule has 0 bridgehead atoms. The van der Waals surface area contributed by atoms with E-state index in [-0.39, 0.29) is 12.3 Å². The van der Waals surface area contributed by atoms with Crippen LogP contribution in [0, 0.1) is 0 Å². The Bertz CT molecular complexity index is 462. The summed E-state index contributed by atoms with van der Waals surface area (Å²) in [5.74, 6) is -0.712. The molecule has 1 atom stereocenters. The van der Waals surface area contributed by atoms with E-state index in [1.807, 2.05) is 50.3 Å². The predicted octanol–water partition coefficient (Wildman–Crippen LogP) is 1.56. The molecule has 0 aromatic heterocycles. The standard InChI is InChI=1S/C15H20N2O2/c1-11(2)8-9-13(15(16)19)17-14(18)10-12-6-4-3-5-7-12/h3-8,13H,9-10H2,1-2H3,(H2,16,19)(H,17,18)/t13-/m0/s1. The third-order valence-electron chi connectivity index (χ3n) is 2.65. The molecule has 3 N–H and O–H groups in total. The molecular weight excluding hydrogens is 240 g/mol. The molecule has 0 aliphatic rings. The number of rotatable bonds is 6. The summed E-state index contributed by atoms with van der Waals surface area (Å²) in [7, 11) is 0. The molecule has 1 rings (SSSR count). The largest absolute Gasteiger partial charge is 0.368 e. The van der Waals surface area contributed by atoms with Crippen molar-refractivity contribution in [2.45, 2.75) is 32.7 Å². The zero-order valence-corrected chi connectivity index (χ0v) is 11.3. The van der Waals surface area contributed by atoms with E-state index >= 15 is 0 Å². The lowest BCUT2D eigenvalue weighted by Crippen LogP contribution is -2.44. The van der Waals surface area contributed by atoms with Gasteiger partial charge < -0.3 is 11.1 Å². The first-order valence-electron chi connectivity index (χ1n) is 6.25. The van der Waals surface area contributed by atoms with Crippen LogP contribution in [-0.2, 0) is 16.0 Å². The lowest BCUT2D eigenvalue weighted by molar-refractivity contribution is -0.126. The molecule has 102 valence electrons. The maximum Gasteiger partial charge on any atom is 0.240 e. The van der Waals surface area contributed by atoms with Gasteiger partial charge in [0.1, 0.15) is 6.04 Å². The highest BCUT2D eigenvalue weighted by atomic mass is 16.2. The van der Waals surface area contributed by atoms with Gasteiger partial charge in [-0.15, -0.1) is 0 Å². The first kappa shape index (κ1) is 15.0. The van der Waals surface area contributed by atoms with Crippen molar-refractivity contribution < 1.29 is 9.59 Å². The van der Waals surface area contributed by atoms with Crippen molar-refractivity contribution >= 4 is 11.8 Å². The van der Waals surface area contributed by atoms with Crippen LogP contribution in [0.15, 0.2) is 42.0 Å². The first-order chi connectivity index (χ1) is 8.99. The smallest absolute Gasteiger partial charge is 0.240 e. The molecule has 0 spiro atoms. The summed E-state index contributed by atoms with van der Waals surface area (Å²) in [6.07, 6.45) is 2.57. The van der Waals surface area contributed by atoms with Gasteiger partial charge in [-0.1, -0.05) is 42.0 Å². The van der Waals surface area contributed by atoms with Gasteiger partial charge in [0, 0.05) is 0 Å². The second-order valence-corrected chi connectivity index (χ2v) is 4.70. The van der Waals surface area contributed by atoms with Crippen molar-refractivity contribution in [2.75, 3.05) is 0 Å². The number of nitrogens with two attached hydrogens (primary N) is 1. The Labute approximate surface area is 113 Å². The number of hydrogen-bond donors (Lipinski definition) is 2. The van der Waals surface area contributed by atoms with Crippen molar-refractivity contribution in [3.05, 3.63) is 47.5 Å². The minimum Gasteiger partial charge on any atom is -0.368 e. The van der Waals surface area contributed by atoms with E-state index in [1.165, 1.54) is 0 Å². The Kier molecular flexibility index (Phi) is 5.79. The molecule has 0 heterocycles. The van der Waals surface area contributed by atoms with Crippen molar-refractivity contribution in [3.63, 3.8) is 0 Å². The Morgan fingerprint density at radius 2 is 1.89 bits per heavy atom. The van der Waals surface area contributed by atoms with E-state index in [4.69, 9.17) is 5.73 Å². The van der Waals surface area contributed by atoms with Gasteiger partial charge in [0.05, 0.1) is 6.42 Å². The molecular formula is C15H20N2O2. The van der Waals surface area contributed by atoms with E-state index in [1.54, 1.807) is 0 Å². The molecule has 4 nitrogen and oxygen atoms in total. The van der Waals surface area contributed by atoms with Gasteiger partial charge in [-0.05, 0) is 25.8 Å². The van der Waals surface area contributed by atoms with Crippen LogP contribution < -0.4 is 11.1 Å². The molecule has 0 saturated carbocycles. The lowest BCUT2D eigenvalue weighted by atomic mass is 10.1. The van der Waals surface area contributed by atoms with Crippen LogP contribution in [0.5, 0.6) is 0 Å². The molecule has 2 amide bonds. The quantitative estimate of drug-likeness (QED) is 0.762. The van der Waals surface area contributed by atoms with E-state index in [0.717, 1.165) is 11.1 Å². The Morgan fingerprint density at radius 1 is 1.26 bits per heavy atom. The second kappa shape index (κ2) is 7.36. The summed E-state index contributed by atoms with van der Waals surface area (Å²) in [6.45, 7) is 3.87. The van der Waals surface area contributed by atoms with Gasteiger partial charge >= 0.3 is 0 Å². The number of benzene rings is 1.